The summed E-state index contributed by atoms with van der Waals surface area (Å²) in [6.45, 7) is 3.36. The molecule has 7 nitrogen and oxygen atoms in total. The number of primary sulfonamides is 1. The lowest BCUT2D eigenvalue weighted by Gasteiger charge is -2.08. The minimum Gasteiger partial charge on any atom is -0.494 e. The molecule has 0 amide bonds. The highest BCUT2D eigenvalue weighted by Gasteiger charge is 2.08. The van der Waals surface area contributed by atoms with E-state index < -0.39 is 10.0 Å². The summed E-state index contributed by atoms with van der Waals surface area (Å²) >= 11 is 0. The van der Waals surface area contributed by atoms with E-state index in [1.165, 1.54) is 12.4 Å². The first kappa shape index (κ1) is 17.2. The summed E-state index contributed by atoms with van der Waals surface area (Å²) < 4.78 is 27.8. The van der Waals surface area contributed by atoms with Crippen molar-refractivity contribution in [1.29, 1.82) is 0 Å². The van der Waals surface area contributed by atoms with Crippen LogP contribution in [0.15, 0.2) is 41.6 Å². The normalized spacial score (nSPS) is 11.2. The van der Waals surface area contributed by atoms with Gasteiger partial charge < -0.3 is 10.1 Å². The highest BCUT2D eigenvalue weighted by Crippen LogP contribution is 2.13. The monoisotopic (exact) mass is 336 g/mol. The Balaban J connectivity index is 1.88. The zero-order chi connectivity index (χ0) is 16.7. The molecule has 1 aromatic carbocycles. The van der Waals surface area contributed by atoms with Crippen LogP contribution in [0, 0.1) is 0 Å². The van der Waals surface area contributed by atoms with Crippen LogP contribution in [0.2, 0.25) is 0 Å². The molecule has 0 aliphatic rings. The van der Waals surface area contributed by atoms with Crippen LogP contribution in [0.5, 0.6) is 5.75 Å². The maximum absolute atomic E-state index is 11.1. The molecule has 0 spiro atoms. The fourth-order valence-electron chi connectivity index (χ4n) is 1.77. The Bertz CT molecular complexity index is 715. The van der Waals surface area contributed by atoms with Crippen molar-refractivity contribution < 1.29 is 13.2 Å². The standard InChI is InChI=1S/C15H20N4O3S/c1-2-3-8-22-13-6-4-12(5-7-13)9-17-15-18-10-14(11-19-15)23(16,20)21/h4-7,10-11H,2-3,8-9H2,1H3,(H2,16,20,21)(H,17,18,19). The number of unbranched alkanes of at least 4 members (excludes halogenated alkanes) is 1. The summed E-state index contributed by atoms with van der Waals surface area (Å²) in [5.41, 5.74) is 1.03. The Morgan fingerprint density at radius 1 is 1.17 bits per heavy atom. The molecule has 1 aromatic heterocycles. The lowest BCUT2D eigenvalue weighted by molar-refractivity contribution is 0.309. The number of nitrogens with one attached hydrogen (secondary N) is 1. The molecule has 2 rings (SSSR count). The van der Waals surface area contributed by atoms with Gasteiger partial charge in [-0.25, -0.2) is 23.5 Å². The third-order valence-corrected chi connectivity index (χ3v) is 3.97. The van der Waals surface area contributed by atoms with E-state index in [1.54, 1.807) is 0 Å². The first-order valence-corrected chi connectivity index (χ1v) is 8.84. The van der Waals surface area contributed by atoms with Gasteiger partial charge in [0.2, 0.25) is 16.0 Å². The van der Waals surface area contributed by atoms with Crippen molar-refractivity contribution in [3.8, 4) is 5.75 Å². The summed E-state index contributed by atoms with van der Waals surface area (Å²) in [5, 5.41) is 8.00. The number of aromatic nitrogens is 2. The van der Waals surface area contributed by atoms with Gasteiger partial charge in [0.25, 0.3) is 0 Å². The van der Waals surface area contributed by atoms with Gasteiger partial charge >= 0.3 is 0 Å². The molecule has 0 atom stereocenters. The zero-order valence-corrected chi connectivity index (χ0v) is 13.7. The summed E-state index contributed by atoms with van der Waals surface area (Å²) in [6, 6.07) is 7.73. The SMILES string of the molecule is CCCCOc1ccc(CNc2ncc(S(N)(=O)=O)cn2)cc1. The molecule has 8 heteroatoms. The predicted molar refractivity (Wildman–Crippen MR) is 87.6 cm³/mol. The molecule has 0 saturated carbocycles. The van der Waals surface area contributed by atoms with Gasteiger partial charge in [0.1, 0.15) is 10.6 Å². The van der Waals surface area contributed by atoms with Gasteiger partial charge in [-0.1, -0.05) is 25.5 Å². The number of nitrogens with two attached hydrogens (primary N) is 1. The van der Waals surface area contributed by atoms with Crippen molar-refractivity contribution >= 4 is 16.0 Å². The molecule has 23 heavy (non-hydrogen) atoms. The fourth-order valence-corrected chi connectivity index (χ4v) is 2.17. The third-order valence-electron chi connectivity index (χ3n) is 3.10. The summed E-state index contributed by atoms with van der Waals surface area (Å²) in [7, 11) is -3.77. The molecule has 124 valence electrons. The van der Waals surface area contributed by atoms with Gasteiger partial charge in [-0.15, -0.1) is 0 Å². The second-order valence-electron chi connectivity index (χ2n) is 4.99. The second-order valence-corrected chi connectivity index (χ2v) is 6.55. The van der Waals surface area contributed by atoms with E-state index in [0.29, 0.717) is 12.5 Å². The highest BCUT2D eigenvalue weighted by molar-refractivity contribution is 7.89. The van der Waals surface area contributed by atoms with Gasteiger partial charge in [0.05, 0.1) is 19.0 Å². The molecule has 0 radical (unpaired) electrons. The van der Waals surface area contributed by atoms with Gasteiger partial charge in [0.15, 0.2) is 0 Å². The minimum atomic E-state index is -3.77. The summed E-state index contributed by atoms with van der Waals surface area (Å²) in [4.78, 5) is 7.73. The van der Waals surface area contributed by atoms with Gasteiger partial charge in [-0.05, 0) is 24.1 Å². The molecule has 1 heterocycles. The van der Waals surface area contributed by atoms with Crippen LogP contribution in [-0.4, -0.2) is 25.0 Å². The molecule has 0 saturated heterocycles. The molecule has 0 bridgehead atoms. The van der Waals surface area contributed by atoms with Crippen LogP contribution in [0.25, 0.3) is 0 Å². The van der Waals surface area contributed by atoms with E-state index in [-0.39, 0.29) is 4.90 Å². The van der Waals surface area contributed by atoms with Crippen LogP contribution in [0.4, 0.5) is 5.95 Å². The molecule has 0 fully saturated rings. The third kappa shape index (κ3) is 5.50. The lowest BCUT2D eigenvalue weighted by atomic mass is 10.2. The second kappa shape index (κ2) is 7.89. The molecule has 0 unspecified atom stereocenters. The van der Waals surface area contributed by atoms with E-state index in [0.717, 1.165) is 30.8 Å². The van der Waals surface area contributed by atoms with Gasteiger partial charge in [-0.2, -0.15) is 0 Å². The first-order chi connectivity index (χ1) is 11.0. The van der Waals surface area contributed by atoms with Crippen molar-refractivity contribution in [2.75, 3.05) is 11.9 Å². The number of benzene rings is 1. The number of sulfonamides is 1. The largest absolute Gasteiger partial charge is 0.494 e. The van der Waals surface area contributed by atoms with Crippen molar-refractivity contribution in [2.24, 2.45) is 5.14 Å². The molecule has 0 aliphatic heterocycles. The first-order valence-electron chi connectivity index (χ1n) is 7.29. The van der Waals surface area contributed by atoms with Gasteiger partial charge in [-0.3, -0.25) is 0 Å². The topological polar surface area (TPSA) is 107 Å². The Kier molecular flexibility index (Phi) is 5.89. The molecule has 3 N–H and O–H groups in total. The molecule has 2 aromatic rings. The van der Waals surface area contributed by atoms with Crippen molar-refractivity contribution in [1.82, 2.24) is 9.97 Å². The summed E-state index contributed by atoms with van der Waals surface area (Å²) in [5.74, 6) is 1.18. The van der Waals surface area contributed by atoms with E-state index in [2.05, 4.69) is 22.2 Å². The number of hydrogen-bond donors (Lipinski definition) is 2. The van der Waals surface area contributed by atoms with Crippen molar-refractivity contribution in [2.45, 2.75) is 31.2 Å². The number of anilines is 1. The Hall–Kier alpha value is -2.19. The quantitative estimate of drug-likeness (QED) is 0.713. The Labute approximate surface area is 136 Å². The number of hydrogen-bond acceptors (Lipinski definition) is 6. The van der Waals surface area contributed by atoms with E-state index in [4.69, 9.17) is 9.88 Å². The fraction of sp³-hybridized carbons (Fsp3) is 0.333. The number of nitrogens with zero attached hydrogens (tertiary/aromatic N) is 2. The molecule has 0 aliphatic carbocycles. The van der Waals surface area contributed by atoms with E-state index in [9.17, 15) is 8.42 Å². The smallest absolute Gasteiger partial charge is 0.241 e. The highest BCUT2D eigenvalue weighted by atomic mass is 32.2. The van der Waals surface area contributed by atoms with Crippen LogP contribution < -0.4 is 15.2 Å². The summed E-state index contributed by atoms with van der Waals surface area (Å²) in [6.07, 6.45) is 4.49. The van der Waals surface area contributed by atoms with Crippen LogP contribution in [0.3, 0.4) is 0 Å². The van der Waals surface area contributed by atoms with E-state index >= 15 is 0 Å². The van der Waals surface area contributed by atoms with Crippen LogP contribution in [0.1, 0.15) is 25.3 Å². The lowest BCUT2D eigenvalue weighted by Crippen LogP contribution is -2.13. The number of ether oxygens (including phenoxy) is 1. The van der Waals surface area contributed by atoms with Crippen LogP contribution >= 0.6 is 0 Å². The zero-order valence-electron chi connectivity index (χ0n) is 12.9. The maximum Gasteiger partial charge on any atom is 0.241 e. The van der Waals surface area contributed by atoms with E-state index in [1.807, 2.05) is 24.3 Å². The van der Waals surface area contributed by atoms with Crippen molar-refractivity contribution in [3.63, 3.8) is 0 Å². The Morgan fingerprint density at radius 3 is 2.39 bits per heavy atom. The molecular formula is C15H20N4O3S. The van der Waals surface area contributed by atoms with Crippen LogP contribution in [-0.2, 0) is 16.6 Å². The average molecular weight is 336 g/mol. The maximum atomic E-state index is 11.1. The average Bonchev–Trinajstić information content (AvgIpc) is 2.54. The minimum absolute atomic E-state index is 0.114. The molecular weight excluding hydrogens is 316 g/mol. The predicted octanol–water partition coefficient (Wildman–Crippen LogP) is 1.92. The Morgan fingerprint density at radius 2 is 1.83 bits per heavy atom. The van der Waals surface area contributed by atoms with Crippen molar-refractivity contribution in [3.05, 3.63) is 42.2 Å². The number of rotatable bonds is 8. The van der Waals surface area contributed by atoms with Gasteiger partial charge in [0, 0.05) is 6.54 Å².